The normalized spacial score (nSPS) is 14.0. The smallest absolute Gasteiger partial charge is 0.320 e. The average molecular weight is 696 g/mol. The van der Waals surface area contributed by atoms with Crippen molar-refractivity contribution in [3.63, 3.8) is 0 Å². The molecule has 1 atom stereocenters. The van der Waals surface area contributed by atoms with Gasteiger partial charge in [0.25, 0.3) is 11.8 Å². The highest BCUT2D eigenvalue weighted by atomic mass is 16.5. The van der Waals surface area contributed by atoms with Crippen molar-refractivity contribution in [2.45, 2.75) is 25.9 Å². The van der Waals surface area contributed by atoms with Gasteiger partial charge in [-0.15, -0.1) is 0 Å². The van der Waals surface area contributed by atoms with Gasteiger partial charge in [-0.2, -0.15) is 0 Å². The van der Waals surface area contributed by atoms with Crippen molar-refractivity contribution in [3.05, 3.63) is 145 Å². The third-order valence-electron chi connectivity index (χ3n) is 8.53. The molecule has 0 saturated carbocycles. The molecule has 0 aromatic heterocycles. The zero-order valence-corrected chi connectivity index (χ0v) is 28.9. The van der Waals surface area contributed by atoms with E-state index in [9.17, 15) is 24.0 Å². The van der Waals surface area contributed by atoms with Crippen LogP contribution in [0.15, 0.2) is 133 Å². The van der Waals surface area contributed by atoms with Crippen LogP contribution in [0.25, 0.3) is 0 Å². The molecule has 0 spiro atoms. The Morgan fingerprint density at radius 1 is 0.731 bits per heavy atom. The first kappa shape index (κ1) is 35.1. The van der Waals surface area contributed by atoms with Gasteiger partial charge in [-0.1, -0.05) is 72.8 Å². The SMILES string of the molecule is COc1ccc(N(C(=O)CN2C(=O)[C@@H](NC(=O)Nc3cccc(C(=O)c4ccccc4)c3)C(=O)N(c3ccccc3)c3ccccc32)C(C)C)cc1. The molecule has 0 aliphatic carbocycles. The summed E-state index contributed by atoms with van der Waals surface area (Å²) < 4.78 is 5.28. The number of ketones is 1. The van der Waals surface area contributed by atoms with E-state index in [1.165, 1.54) is 15.9 Å². The second-order valence-corrected chi connectivity index (χ2v) is 12.3. The molecule has 2 N–H and O–H groups in total. The van der Waals surface area contributed by atoms with Gasteiger partial charge in [0.05, 0.1) is 18.5 Å². The standard InChI is InChI=1S/C41H37N5O6/c1-27(2)45(32-21-23-33(52-3)24-22-32)36(47)26-44-34-19-10-11-20-35(34)46(31-17-8-5-9-18-31)40(50)37(39(44)49)43-41(51)42-30-16-12-15-29(25-30)38(48)28-13-6-4-7-14-28/h4-25,27,37H,26H2,1-3H3,(H2,42,43,51)/t37-/m1/s1. The summed E-state index contributed by atoms with van der Waals surface area (Å²) in [5, 5.41) is 5.23. The maximum atomic E-state index is 14.5. The summed E-state index contributed by atoms with van der Waals surface area (Å²) in [5.41, 5.74) is 2.83. The van der Waals surface area contributed by atoms with E-state index in [-0.39, 0.29) is 17.5 Å². The van der Waals surface area contributed by atoms with Crippen molar-refractivity contribution in [1.29, 1.82) is 0 Å². The highest BCUT2D eigenvalue weighted by molar-refractivity contribution is 6.25. The Balaban J connectivity index is 1.33. The Kier molecular flexibility index (Phi) is 10.4. The van der Waals surface area contributed by atoms with Crippen molar-refractivity contribution in [2.75, 3.05) is 33.7 Å². The van der Waals surface area contributed by atoms with Crippen LogP contribution in [0.2, 0.25) is 0 Å². The van der Waals surface area contributed by atoms with E-state index >= 15 is 0 Å². The lowest BCUT2D eigenvalue weighted by atomic mass is 10.0. The predicted octanol–water partition coefficient (Wildman–Crippen LogP) is 6.57. The van der Waals surface area contributed by atoms with Crippen LogP contribution < -0.4 is 30.1 Å². The number of rotatable bonds is 10. The fraction of sp³-hybridized carbons (Fsp3) is 0.146. The Morgan fingerprint density at radius 3 is 2.00 bits per heavy atom. The molecule has 0 saturated heterocycles. The van der Waals surface area contributed by atoms with Gasteiger partial charge in [-0.25, -0.2) is 4.79 Å². The largest absolute Gasteiger partial charge is 0.497 e. The molecular formula is C41H37N5O6. The van der Waals surface area contributed by atoms with E-state index in [1.54, 1.807) is 133 Å². The highest BCUT2D eigenvalue weighted by Gasteiger charge is 2.43. The first-order valence-corrected chi connectivity index (χ1v) is 16.7. The molecule has 0 bridgehead atoms. The molecule has 52 heavy (non-hydrogen) atoms. The minimum atomic E-state index is -1.73. The van der Waals surface area contributed by atoms with Crippen LogP contribution in [0.5, 0.6) is 5.75 Å². The van der Waals surface area contributed by atoms with Crippen LogP contribution in [0, 0.1) is 0 Å². The first-order valence-electron chi connectivity index (χ1n) is 16.7. The molecule has 11 heteroatoms. The van der Waals surface area contributed by atoms with E-state index in [0.29, 0.717) is 39.6 Å². The van der Waals surface area contributed by atoms with Crippen molar-refractivity contribution < 1.29 is 28.7 Å². The lowest BCUT2D eigenvalue weighted by Gasteiger charge is -2.31. The number of hydrogen-bond donors (Lipinski definition) is 2. The minimum absolute atomic E-state index is 0.236. The molecule has 0 radical (unpaired) electrons. The topological polar surface area (TPSA) is 128 Å². The number of carbonyl (C=O) groups is 5. The average Bonchev–Trinajstić information content (AvgIpc) is 3.24. The maximum absolute atomic E-state index is 14.5. The summed E-state index contributed by atoms with van der Waals surface area (Å²) in [6.07, 6.45) is 0. The van der Waals surface area contributed by atoms with Crippen LogP contribution in [0.3, 0.4) is 0 Å². The van der Waals surface area contributed by atoms with Crippen molar-refractivity contribution >= 4 is 58.0 Å². The summed E-state index contributed by atoms with van der Waals surface area (Å²) in [6.45, 7) is 3.29. The van der Waals surface area contributed by atoms with E-state index in [4.69, 9.17) is 4.74 Å². The molecule has 262 valence electrons. The highest BCUT2D eigenvalue weighted by Crippen LogP contribution is 2.38. The zero-order chi connectivity index (χ0) is 36.8. The molecule has 0 unspecified atom stereocenters. The predicted molar refractivity (Wildman–Crippen MR) is 200 cm³/mol. The second kappa shape index (κ2) is 15.4. The molecular weight excluding hydrogens is 658 g/mol. The summed E-state index contributed by atoms with van der Waals surface area (Å²) in [7, 11) is 1.55. The lowest BCUT2D eigenvalue weighted by Crippen LogP contribution is -2.57. The van der Waals surface area contributed by atoms with E-state index < -0.39 is 36.3 Å². The van der Waals surface area contributed by atoms with E-state index in [1.807, 2.05) is 19.9 Å². The van der Waals surface area contributed by atoms with Crippen LogP contribution in [0.1, 0.15) is 29.8 Å². The monoisotopic (exact) mass is 695 g/mol. The van der Waals surface area contributed by atoms with E-state index in [2.05, 4.69) is 10.6 Å². The molecule has 1 heterocycles. The van der Waals surface area contributed by atoms with Crippen molar-refractivity contribution in [2.24, 2.45) is 0 Å². The Morgan fingerprint density at radius 2 is 1.35 bits per heavy atom. The molecule has 5 amide bonds. The number of ether oxygens (including phenoxy) is 1. The van der Waals surface area contributed by atoms with Gasteiger partial charge in [-0.05, 0) is 74.5 Å². The van der Waals surface area contributed by atoms with Crippen LogP contribution in [-0.2, 0) is 14.4 Å². The fourth-order valence-electron chi connectivity index (χ4n) is 6.12. The lowest BCUT2D eigenvalue weighted by molar-refractivity contribution is -0.129. The number of para-hydroxylation sites is 3. The minimum Gasteiger partial charge on any atom is -0.497 e. The molecule has 5 aromatic rings. The summed E-state index contributed by atoms with van der Waals surface area (Å²) in [6, 6.07) is 34.8. The number of hydrogen-bond acceptors (Lipinski definition) is 6. The number of carbonyl (C=O) groups excluding carboxylic acids is 5. The van der Waals surface area contributed by atoms with Gasteiger partial charge < -0.3 is 20.3 Å². The number of fused-ring (bicyclic) bond motifs is 1. The fourth-order valence-corrected chi connectivity index (χ4v) is 6.12. The van der Waals surface area contributed by atoms with Crippen LogP contribution in [0.4, 0.5) is 33.2 Å². The van der Waals surface area contributed by atoms with Crippen molar-refractivity contribution in [3.8, 4) is 5.75 Å². The third kappa shape index (κ3) is 7.38. The Labute approximate surface area is 301 Å². The number of benzene rings is 5. The van der Waals surface area contributed by atoms with Gasteiger partial charge >= 0.3 is 6.03 Å². The Hall–Kier alpha value is -6.75. The van der Waals surface area contributed by atoms with Gasteiger partial charge in [0.15, 0.2) is 11.8 Å². The van der Waals surface area contributed by atoms with Crippen LogP contribution in [-0.4, -0.2) is 55.3 Å². The molecule has 1 aliphatic rings. The Bertz CT molecular complexity index is 2100. The molecule has 6 rings (SSSR count). The van der Waals surface area contributed by atoms with Crippen molar-refractivity contribution in [1.82, 2.24) is 5.32 Å². The third-order valence-corrected chi connectivity index (χ3v) is 8.53. The number of anilines is 5. The molecule has 5 aromatic carbocycles. The molecule has 0 fully saturated rings. The quantitative estimate of drug-likeness (QED) is 0.126. The maximum Gasteiger partial charge on any atom is 0.320 e. The van der Waals surface area contributed by atoms with Gasteiger partial charge in [0, 0.05) is 34.2 Å². The summed E-state index contributed by atoms with van der Waals surface area (Å²) >= 11 is 0. The molecule has 1 aliphatic heterocycles. The summed E-state index contributed by atoms with van der Waals surface area (Å²) in [5.74, 6) is -1.55. The van der Waals surface area contributed by atoms with Gasteiger partial charge in [-0.3, -0.25) is 29.0 Å². The number of nitrogens with zero attached hydrogens (tertiary/aromatic N) is 3. The van der Waals surface area contributed by atoms with Crippen LogP contribution >= 0.6 is 0 Å². The summed E-state index contributed by atoms with van der Waals surface area (Å²) in [4.78, 5) is 73.9. The van der Waals surface area contributed by atoms with E-state index in [0.717, 1.165) is 0 Å². The van der Waals surface area contributed by atoms with Gasteiger partial charge in [0.2, 0.25) is 5.91 Å². The first-order chi connectivity index (χ1) is 25.2. The number of amides is 5. The van der Waals surface area contributed by atoms with Gasteiger partial charge in [0.1, 0.15) is 12.3 Å². The zero-order valence-electron chi connectivity index (χ0n) is 28.9. The number of urea groups is 1. The number of methoxy groups -OCH3 is 1. The molecule has 11 nitrogen and oxygen atoms in total. The second-order valence-electron chi connectivity index (χ2n) is 12.3. The number of nitrogens with one attached hydrogen (secondary N) is 2.